The van der Waals surface area contributed by atoms with Crippen LogP contribution in [0.1, 0.15) is 25.8 Å². The van der Waals surface area contributed by atoms with Gasteiger partial charge in [0.15, 0.2) is 0 Å². The Bertz CT molecular complexity index is 311. The molecule has 4 heteroatoms. The minimum Gasteiger partial charge on any atom is -0.390 e. The van der Waals surface area contributed by atoms with Crippen molar-refractivity contribution in [3.05, 3.63) is 22.4 Å². The molecular formula is C13H23NO2S. The summed E-state index contributed by atoms with van der Waals surface area (Å²) < 4.78 is 5.27. The standard InChI is InChI=1S/C13H23NO2S/c1-13(2,16-4)12(15)5-7-14(3)9-11-6-8-17-10-11/h6,8,10,12,15H,5,7,9H2,1-4H3. The van der Waals surface area contributed by atoms with Crippen molar-refractivity contribution in [2.75, 3.05) is 20.7 Å². The van der Waals surface area contributed by atoms with Gasteiger partial charge >= 0.3 is 0 Å². The van der Waals surface area contributed by atoms with Crippen molar-refractivity contribution in [2.45, 2.75) is 38.5 Å². The van der Waals surface area contributed by atoms with E-state index in [0.717, 1.165) is 19.5 Å². The Morgan fingerprint density at radius 2 is 2.24 bits per heavy atom. The highest BCUT2D eigenvalue weighted by Crippen LogP contribution is 2.17. The molecule has 0 amide bonds. The Balaban J connectivity index is 2.30. The smallest absolute Gasteiger partial charge is 0.0880 e. The van der Waals surface area contributed by atoms with Gasteiger partial charge in [0.25, 0.3) is 0 Å². The van der Waals surface area contributed by atoms with E-state index in [-0.39, 0.29) is 0 Å². The number of ether oxygens (including phenoxy) is 1. The van der Waals surface area contributed by atoms with Crippen molar-refractivity contribution < 1.29 is 9.84 Å². The first-order valence-electron chi connectivity index (χ1n) is 5.88. The molecule has 1 rings (SSSR count). The molecule has 0 radical (unpaired) electrons. The van der Waals surface area contributed by atoms with E-state index in [9.17, 15) is 5.11 Å². The summed E-state index contributed by atoms with van der Waals surface area (Å²) in [5, 5.41) is 14.3. The molecule has 0 aliphatic rings. The molecule has 1 unspecified atom stereocenters. The quantitative estimate of drug-likeness (QED) is 0.814. The zero-order valence-electron chi connectivity index (χ0n) is 11.1. The van der Waals surface area contributed by atoms with Crippen LogP contribution in [-0.2, 0) is 11.3 Å². The predicted octanol–water partition coefficient (Wildman–Crippen LogP) is 2.36. The number of methoxy groups -OCH3 is 1. The van der Waals surface area contributed by atoms with E-state index in [0.29, 0.717) is 0 Å². The second-order valence-electron chi connectivity index (χ2n) is 4.98. The van der Waals surface area contributed by atoms with Gasteiger partial charge < -0.3 is 14.7 Å². The predicted molar refractivity (Wildman–Crippen MR) is 72.4 cm³/mol. The first-order chi connectivity index (χ1) is 7.95. The van der Waals surface area contributed by atoms with Crippen molar-refractivity contribution in [3.63, 3.8) is 0 Å². The van der Waals surface area contributed by atoms with Crippen LogP contribution in [-0.4, -0.2) is 42.4 Å². The van der Waals surface area contributed by atoms with Crippen LogP contribution >= 0.6 is 11.3 Å². The van der Waals surface area contributed by atoms with Gasteiger partial charge in [0, 0.05) is 20.2 Å². The SMILES string of the molecule is COC(C)(C)C(O)CCN(C)Cc1ccsc1. The maximum Gasteiger partial charge on any atom is 0.0880 e. The van der Waals surface area contributed by atoms with E-state index < -0.39 is 11.7 Å². The number of nitrogens with zero attached hydrogens (tertiary/aromatic N) is 1. The highest BCUT2D eigenvalue weighted by molar-refractivity contribution is 7.07. The summed E-state index contributed by atoms with van der Waals surface area (Å²) >= 11 is 1.72. The summed E-state index contributed by atoms with van der Waals surface area (Å²) in [5.41, 5.74) is 0.862. The lowest BCUT2D eigenvalue weighted by molar-refractivity contribution is -0.0820. The van der Waals surface area contributed by atoms with Crippen molar-refractivity contribution in [1.82, 2.24) is 4.90 Å². The molecule has 1 aromatic heterocycles. The lowest BCUT2D eigenvalue weighted by Crippen LogP contribution is -2.40. The molecule has 0 bridgehead atoms. The van der Waals surface area contributed by atoms with Crippen molar-refractivity contribution in [3.8, 4) is 0 Å². The Morgan fingerprint density at radius 3 is 2.76 bits per heavy atom. The van der Waals surface area contributed by atoms with E-state index in [2.05, 4.69) is 28.8 Å². The Kier molecular flexibility index (Phi) is 5.59. The maximum absolute atomic E-state index is 10.0. The van der Waals surface area contributed by atoms with Crippen molar-refractivity contribution in [1.29, 1.82) is 0 Å². The van der Waals surface area contributed by atoms with Crippen LogP contribution in [0.2, 0.25) is 0 Å². The normalized spacial score (nSPS) is 14.2. The molecule has 0 aromatic carbocycles. The molecular weight excluding hydrogens is 234 g/mol. The lowest BCUT2D eigenvalue weighted by atomic mass is 9.98. The van der Waals surface area contributed by atoms with Gasteiger partial charge in [0.05, 0.1) is 11.7 Å². The molecule has 1 heterocycles. The Morgan fingerprint density at radius 1 is 1.53 bits per heavy atom. The van der Waals surface area contributed by atoms with Gasteiger partial charge in [-0.1, -0.05) is 0 Å². The third kappa shape index (κ3) is 4.76. The van der Waals surface area contributed by atoms with Gasteiger partial charge in [-0.15, -0.1) is 0 Å². The second kappa shape index (κ2) is 6.50. The molecule has 17 heavy (non-hydrogen) atoms. The maximum atomic E-state index is 10.0. The molecule has 0 aliphatic carbocycles. The van der Waals surface area contributed by atoms with Crippen LogP contribution in [0.3, 0.4) is 0 Å². The molecule has 3 nitrogen and oxygen atoms in total. The van der Waals surface area contributed by atoms with E-state index in [1.807, 2.05) is 13.8 Å². The number of hydrogen-bond donors (Lipinski definition) is 1. The fourth-order valence-electron chi connectivity index (χ4n) is 1.60. The van der Waals surface area contributed by atoms with Crippen LogP contribution in [0.4, 0.5) is 0 Å². The molecule has 0 saturated heterocycles. The zero-order valence-corrected chi connectivity index (χ0v) is 12.0. The number of aliphatic hydroxyl groups excluding tert-OH is 1. The van der Waals surface area contributed by atoms with E-state index in [1.165, 1.54) is 5.56 Å². The summed E-state index contributed by atoms with van der Waals surface area (Å²) in [4.78, 5) is 2.22. The summed E-state index contributed by atoms with van der Waals surface area (Å²) in [5.74, 6) is 0. The largest absolute Gasteiger partial charge is 0.390 e. The summed E-state index contributed by atoms with van der Waals surface area (Å²) in [6, 6.07) is 2.14. The number of hydrogen-bond acceptors (Lipinski definition) is 4. The van der Waals surface area contributed by atoms with Gasteiger partial charge in [-0.05, 0) is 49.7 Å². The lowest BCUT2D eigenvalue weighted by Gasteiger charge is -2.30. The van der Waals surface area contributed by atoms with Gasteiger partial charge in [0.2, 0.25) is 0 Å². The molecule has 1 N–H and O–H groups in total. The van der Waals surface area contributed by atoms with Gasteiger partial charge in [0.1, 0.15) is 0 Å². The minimum absolute atomic E-state index is 0.433. The molecule has 0 fully saturated rings. The van der Waals surface area contributed by atoms with Crippen LogP contribution in [0.15, 0.2) is 16.8 Å². The third-order valence-corrected chi connectivity index (χ3v) is 3.88. The molecule has 0 saturated carbocycles. The molecule has 0 aliphatic heterocycles. The molecule has 0 spiro atoms. The number of rotatable bonds is 7. The van der Waals surface area contributed by atoms with Gasteiger partial charge in [-0.25, -0.2) is 0 Å². The van der Waals surface area contributed by atoms with Crippen LogP contribution in [0.5, 0.6) is 0 Å². The average Bonchev–Trinajstić information content (AvgIpc) is 2.78. The Labute approximate surface area is 108 Å². The van der Waals surface area contributed by atoms with Crippen molar-refractivity contribution in [2.24, 2.45) is 0 Å². The first kappa shape index (κ1) is 14.6. The Hall–Kier alpha value is -0.420. The van der Waals surface area contributed by atoms with Gasteiger partial charge in [-0.2, -0.15) is 11.3 Å². The molecule has 1 atom stereocenters. The number of aliphatic hydroxyl groups is 1. The van der Waals surface area contributed by atoms with E-state index in [1.54, 1.807) is 18.4 Å². The highest BCUT2D eigenvalue weighted by atomic mass is 32.1. The zero-order chi connectivity index (χ0) is 12.9. The first-order valence-corrected chi connectivity index (χ1v) is 6.83. The molecule has 1 aromatic rings. The van der Waals surface area contributed by atoms with Crippen molar-refractivity contribution >= 4 is 11.3 Å². The fourth-order valence-corrected chi connectivity index (χ4v) is 2.26. The van der Waals surface area contributed by atoms with E-state index >= 15 is 0 Å². The van der Waals surface area contributed by atoms with Crippen LogP contribution < -0.4 is 0 Å². The average molecular weight is 257 g/mol. The number of thiophene rings is 1. The summed E-state index contributed by atoms with van der Waals surface area (Å²) in [7, 11) is 3.71. The summed E-state index contributed by atoms with van der Waals surface area (Å²) in [6.07, 6.45) is 0.291. The third-order valence-electron chi connectivity index (χ3n) is 3.15. The highest BCUT2D eigenvalue weighted by Gasteiger charge is 2.27. The van der Waals surface area contributed by atoms with Crippen LogP contribution in [0.25, 0.3) is 0 Å². The van der Waals surface area contributed by atoms with Crippen LogP contribution in [0, 0.1) is 0 Å². The fraction of sp³-hybridized carbons (Fsp3) is 0.692. The second-order valence-corrected chi connectivity index (χ2v) is 5.76. The van der Waals surface area contributed by atoms with E-state index in [4.69, 9.17) is 4.74 Å². The van der Waals surface area contributed by atoms with Gasteiger partial charge in [-0.3, -0.25) is 0 Å². The topological polar surface area (TPSA) is 32.7 Å². The molecule has 98 valence electrons. The summed E-state index contributed by atoms with van der Waals surface area (Å²) in [6.45, 7) is 5.63. The minimum atomic E-state index is -0.469. The monoisotopic (exact) mass is 257 g/mol.